The first-order valence-electron chi connectivity index (χ1n) is 6.01. The van der Waals surface area contributed by atoms with Crippen LogP contribution >= 0.6 is 10.7 Å². The highest BCUT2D eigenvalue weighted by molar-refractivity contribution is 8.13. The topological polar surface area (TPSA) is 43.4 Å². The Hall–Kier alpha value is -0.740. The highest BCUT2D eigenvalue weighted by Gasteiger charge is 2.04. The van der Waals surface area contributed by atoms with E-state index in [2.05, 4.69) is 0 Å². The van der Waals surface area contributed by atoms with Gasteiger partial charge >= 0.3 is 0 Å². The van der Waals surface area contributed by atoms with Crippen LogP contribution in [0.3, 0.4) is 0 Å². The van der Waals surface area contributed by atoms with E-state index in [-0.39, 0.29) is 5.75 Å². The molecule has 1 aromatic carbocycles. The van der Waals surface area contributed by atoms with Crippen molar-refractivity contribution in [2.75, 3.05) is 12.4 Å². The molecule has 0 aliphatic rings. The number of unbranched alkanes of at least 4 members (excludes halogenated alkanes) is 2. The zero-order chi connectivity index (χ0) is 13.6. The van der Waals surface area contributed by atoms with E-state index < -0.39 is 9.05 Å². The molecule has 1 rings (SSSR count). The Balaban J connectivity index is 2.24. The van der Waals surface area contributed by atoms with Gasteiger partial charge in [0.05, 0.1) is 12.4 Å². The normalized spacial score (nSPS) is 11.5. The third-order valence-electron chi connectivity index (χ3n) is 2.84. The Morgan fingerprint density at radius 2 is 1.89 bits per heavy atom. The summed E-state index contributed by atoms with van der Waals surface area (Å²) in [4.78, 5) is 0. The van der Waals surface area contributed by atoms with Gasteiger partial charge in [0, 0.05) is 10.7 Å². The predicted molar refractivity (Wildman–Crippen MR) is 74.9 cm³/mol. The molecule has 5 heteroatoms. The molecule has 1 aromatic rings. The molecule has 0 N–H and O–H groups in total. The van der Waals surface area contributed by atoms with Crippen molar-refractivity contribution >= 4 is 19.7 Å². The molecule has 0 bridgehead atoms. The van der Waals surface area contributed by atoms with E-state index in [1.165, 1.54) is 5.56 Å². The Labute approximate surface area is 114 Å². The van der Waals surface area contributed by atoms with E-state index >= 15 is 0 Å². The second-order valence-corrected chi connectivity index (χ2v) is 7.25. The maximum atomic E-state index is 10.7. The zero-order valence-corrected chi connectivity index (χ0v) is 12.4. The summed E-state index contributed by atoms with van der Waals surface area (Å²) in [6.07, 6.45) is 2.22. The first kappa shape index (κ1) is 15.3. The molecule has 3 nitrogen and oxygen atoms in total. The average Bonchev–Trinajstić information content (AvgIpc) is 2.27. The van der Waals surface area contributed by atoms with Crippen LogP contribution in [0.1, 0.15) is 30.4 Å². The van der Waals surface area contributed by atoms with Crippen LogP contribution in [0.5, 0.6) is 5.75 Å². The van der Waals surface area contributed by atoms with Crippen LogP contribution < -0.4 is 4.74 Å². The van der Waals surface area contributed by atoms with Crippen LogP contribution in [0.4, 0.5) is 0 Å². The molecule has 0 aliphatic heterocycles. The quantitative estimate of drug-likeness (QED) is 0.571. The molecular formula is C13H19ClO3S. The van der Waals surface area contributed by atoms with Gasteiger partial charge < -0.3 is 4.74 Å². The fraction of sp³-hybridized carbons (Fsp3) is 0.538. The Morgan fingerprint density at radius 3 is 2.56 bits per heavy atom. The number of ether oxygens (including phenoxy) is 1. The van der Waals surface area contributed by atoms with Gasteiger partial charge in [-0.15, -0.1) is 0 Å². The summed E-state index contributed by atoms with van der Waals surface area (Å²) in [6, 6.07) is 5.97. The van der Waals surface area contributed by atoms with Gasteiger partial charge in [-0.05, 0) is 50.3 Å². The lowest BCUT2D eigenvalue weighted by molar-refractivity contribution is 0.304. The Kier molecular flexibility index (Phi) is 5.96. The zero-order valence-electron chi connectivity index (χ0n) is 10.8. The van der Waals surface area contributed by atoms with Crippen LogP contribution in [-0.2, 0) is 9.05 Å². The maximum Gasteiger partial charge on any atom is 0.232 e. The van der Waals surface area contributed by atoms with Gasteiger partial charge in [-0.2, -0.15) is 0 Å². The van der Waals surface area contributed by atoms with Crippen molar-refractivity contribution < 1.29 is 13.2 Å². The van der Waals surface area contributed by atoms with Crippen LogP contribution in [0.25, 0.3) is 0 Å². The lowest BCUT2D eigenvalue weighted by Crippen LogP contribution is -2.02. The first-order valence-corrected chi connectivity index (χ1v) is 8.49. The Morgan fingerprint density at radius 1 is 1.17 bits per heavy atom. The number of halogens is 1. The number of hydrogen-bond donors (Lipinski definition) is 0. The van der Waals surface area contributed by atoms with Crippen molar-refractivity contribution in [1.29, 1.82) is 0 Å². The second-order valence-electron chi connectivity index (χ2n) is 4.35. The van der Waals surface area contributed by atoms with Crippen molar-refractivity contribution in [3.63, 3.8) is 0 Å². The highest BCUT2D eigenvalue weighted by atomic mass is 35.7. The van der Waals surface area contributed by atoms with Gasteiger partial charge in [-0.25, -0.2) is 8.42 Å². The summed E-state index contributed by atoms with van der Waals surface area (Å²) in [5.74, 6) is 0.942. The smallest absolute Gasteiger partial charge is 0.232 e. The summed E-state index contributed by atoms with van der Waals surface area (Å²) in [5, 5.41) is 0. The van der Waals surface area contributed by atoms with E-state index in [4.69, 9.17) is 15.4 Å². The maximum absolute atomic E-state index is 10.7. The molecule has 0 atom stereocenters. The van der Waals surface area contributed by atoms with E-state index in [1.807, 2.05) is 32.0 Å². The van der Waals surface area contributed by atoms with E-state index in [0.29, 0.717) is 13.0 Å². The third-order valence-corrected chi connectivity index (χ3v) is 4.08. The fourth-order valence-electron chi connectivity index (χ4n) is 1.62. The monoisotopic (exact) mass is 290 g/mol. The molecule has 0 amide bonds. The van der Waals surface area contributed by atoms with Crippen LogP contribution in [0.15, 0.2) is 18.2 Å². The average molecular weight is 291 g/mol. The largest absolute Gasteiger partial charge is 0.493 e. The van der Waals surface area contributed by atoms with Crippen LogP contribution in [0.2, 0.25) is 0 Å². The van der Waals surface area contributed by atoms with Crippen molar-refractivity contribution in [3.8, 4) is 5.75 Å². The lowest BCUT2D eigenvalue weighted by atomic mass is 10.1. The number of benzene rings is 1. The molecule has 102 valence electrons. The van der Waals surface area contributed by atoms with Crippen LogP contribution in [-0.4, -0.2) is 20.8 Å². The van der Waals surface area contributed by atoms with E-state index in [9.17, 15) is 8.42 Å². The molecule has 0 heterocycles. The van der Waals surface area contributed by atoms with E-state index in [1.54, 1.807) is 0 Å². The first-order chi connectivity index (χ1) is 8.40. The van der Waals surface area contributed by atoms with Gasteiger partial charge in [0.15, 0.2) is 0 Å². The standard InChI is InChI=1S/C13H19ClO3S/c1-11-7-6-8-13(12(11)2)17-9-4-3-5-10-18(14,15)16/h6-8H,3-5,9-10H2,1-2H3. The van der Waals surface area contributed by atoms with Gasteiger partial charge in [0.1, 0.15) is 5.75 Å². The molecule has 0 saturated heterocycles. The molecule has 0 aliphatic carbocycles. The van der Waals surface area contributed by atoms with Gasteiger partial charge in [0.2, 0.25) is 9.05 Å². The van der Waals surface area contributed by atoms with Crippen molar-refractivity contribution in [2.24, 2.45) is 0 Å². The number of aryl methyl sites for hydroxylation is 1. The minimum absolute atomic E-state index is 0.0397. The predicted octanol–water partition coefficient (Wildman–Crippen LogP) is 3.42. The van der Waals surface area contributed by atoms with Gasteiger partial charge in [-0.1, -0.05) is 12.1 Å². The molecule has 0 spiro atoms. The molecular weight excluding hydrogens is 272 g/mol. The van der Waals surface area contributed by atoms with Crippen molar-refractivity contribution in [3.05, 3.63) is 29.3 Å². The third kappa shape index (κ3) is 5.74. The fourth-order valence-corrected chi connectivity index (χ4v) is 2.49. The molecule has 0 aromatic heterocycles. The minimum atomic E-state index is -3.34. The molecule has 0 saturated carbocycles. The summed E-state index contributed by atoms with van der Waals surface area (Å²) >= 11 is 0. The molecule has 18 heavy (non-hydrogen) atoms. The highest BCUT2D eigenvalue weighted by Crippen LogP contribution is 2.20. The summed E-state index contributed by atoms with van der Waals surface area (Å²) in [7, 11) is 1.78. The number of hydrogen-bond acceptors (Lipinski definition) is 3. The minimum Gasteiger partial charge on any atom is -0.493 e. The SMILES string of the molecule is Cc1cccc(OCCCCCS(=O)(=O)Cl)c1C. The Bertz CT molecular complexity index is 483. The summed E-state index contributed by atoms with van der Waals surface area (Å²) in [6.45, 7) is 4.69. The van der Waals surface area contributed by atoms with Crippen molar-refractivity contribution in [1.82, 2.24) is 0 Å². The second kappa shape index (κ2) is 7.00. The van der Waals surface area contributed by atoms with Crippen LogP contribution in [0, 0.1) is 13.8 Å². The van der Waals surface area contributed by atoms with Gasteiger partial charge in [-0.3, -0.25) is 0 Å². The van der Waals surface area contributed by atoms with E-state index in [0.717, 1.165) is 24.2 Å². The molecule has 0 fully saturated rings. The molecule has 0 unspecified atom stereocenters. The van der Waals surface area contributed by atoms with Gasteiger partial charge in [0.25, 0.3) is 0 Å². The summed E-state index contributed by atoms with van der Waals surface area (Å²) < 4.78 is 27.1. The summed E-state index contributed by atoms with van der Waals surface area (Å²) in [5.41, 5.74) is 2.36. The number of rotatable bonds is 7. The van der Waals surface area contributed by atoms with Crippen molar-refractivity contribution in [2.45, 2.75) is 33.1 Å². The lowest BCUT2D eigenvalue weighted by Gasteiger charge is -2.10. The molecule has 0 radical (unpaired) electrons.